The molecule has 2 aromatic carbocycles. The van der Waals surface area contributed by atoms with Crippen molar-refractivity contribution in [2.45, 2.75) is 10.4 Å². The van der Waals surface area contributed by atoms with Crippen LogP contribution < -0.4 is 21.3 Å². The number of sulfonamides is 1. The number of alkyl halides is 3. The maximum absolute atomic E-state index is 14.8. The van der Waals surface area contributed by atoms with E-state index in [9.17, 15) is 40.4 Å². The summed E-state index contributed by atoms with van der Waals surface area (Å²) in [5, 5.41) is 1.57. The van der Waals surface area contributed by atoms with E-state index in [2.05, 4.69) is 10.3 Å². The van der Waals surface area contributed by atoms with Gasteiger partial charge in [0.2, 0.25) is 0 Å². The summed E-state index contributed by atoms with van der Waals surface area (Å²) in [6.45, 7) is 0. The Morgan fingerprint density at radius 3 is 2.39 bits per heavy atom. The first-order chi connectivity index (χ1) is 16.8. The van der Waals surface area contributed by atoms with Crippen LogP contribution in [-0.2, 0) is 16.2 Å². The third kappa shape index (κ3) is 4.98. The third-order valence-electron chi connectivity index (χ3n) is 4.71. The number of amides is 2. The number of aromatic nitrogens is 2. The van der Waals surface area contributed by atoms with Crippen LogP contribution >= 0.6 is 22.9 Å². The summed E-state index contributed by atoms with van der Waals surface area (Å²) < 4.78 is 80.2. The SMILES string of the molecule is O=C(Nc1ccc(-n2c(=O)[nH]c3ccc(C(F)(F)F)cc3c2=O)c(F)c1)NS(=O)(=O)c1ccc(Cl)s1. The molecular weight excluding hydrogens is 552 g/mol. The number of hydrogen-bond acceptors (Lipinski definition) is 6. The maximum Gasteiger partial charge on any atom is 0.416 e. The van der Waals surface area contributed by atoms with Crippen molar-refractivity contribution >= 4 is 55.6 Å². The van der Waals surface area contributed by atoms with Gasteiger partial charge in [0.25, 0.3) is 15.6 Å². The number of rotatable bonds is 4. The lowest BCUT2D eigenvalue weighted by molar-refractivity contribution is -0.137. The minimum atomic E-state index is -4.76. The summed E-state index contributed by atoms with van der Waals surface area (Å²) >= 11 is 6.38. The summed E-state index contributed by atoms with van der Waals surface area (Å²) in [7, 11) is -4.26. The van der Waals surface area contributed by atoms with Crippen LogP contribution in [0.2, 0.25) is 4.34 Å². The van der Waals surface area contributed by atoms with Crippen molar-refractivity contribution in [2.75, 3.05) is 5.32 Å². The fraction of sp³-hybridized carbons (Fsp3) is 0.0500. The molecule has 2 heterocycles. The van der Waals surface area contributed by atoms with Gasteiger partial charge in [-0.15, -0.1) is 11.3 Å². The molecule has 16 heteroatoms. The van der Waals surface area contributed by atoms with Crippen LogP contribution in [0.3, 0.4) is 0 Å². The number of anilines is 1. The van der Waals surface area contributed by atoms with Crippen molar-refractivity contribution in [1.82, 2.24) is 14.3 Å². The van der Waals surface area contributed by atoms with E-state index in [-0.39, 0.29) is 19.7 Å². The summed E-state index contributed by atoms with van der Waals surface area (Å²) in [5.41, 5.74) is -4.53. The average molecular weight is 563 g/mol. The van der Waals surface area contributed by atoms with E-state index in [1.54, 1.807) is 4.72 Å². The largest absolute Gasteiger partial charge is 0.416 e. The topological polar surface area (TPSA) is 130 Å². The third-order valence-corrected chi connectivity index (χ3v) is 7.77. The molecule has 4 rings (SSSR count). The zero-order valence-corrected chi connectivity index (χ0v) is 19.7. The number of fused-ring (bicyclic) bond motifs is 1. The Hall–Kier alpha value is -3.69. The molecule has 4 aromatic rings. The Labute approximate surface area is 207 Å². The van der Waals surface area contributed by atoms with Gasteiger partial charge >= 0.3 is 17.9 Å². The molecule has 3 N–H and O–H groups in total. The van der Waals surface area contributed by atoms with Gasteiger partial charge < -0.3 is 10.3 Å². The van der Waals surface area contributed by atoms with E-state index >= 15 is 0 Å². The number of thiophene rings is 1. The molecule has 0 saturated heterocycles. The maximum atomic E-state index is 14.8. The fourth-order valence-electron chi connectivity index (χ4n) is 3.15. The molecule has 0 atom stereocenters. The molecule has 0 radical (unpaired) electrons. The molecule has 2 amide bonds. The van der Waals surface area contributed by atoms with Gasteiger partial charge in [-0.1, -0.05) is 11.6 Å². The number of carbonyl (C=O) groups excluding carboxylic acids is 1. The normalized spacial score (nSPS) is 12.0. The number of H-pyrrole nitrogens is 1. The Morgan fingerprint density at radius 2 is 1.78 bits per heavy atom. The first kappa shape index (κ1) is 25.4. The smallest absolute Gasteiger partial charge is 0.307 e. The van der Waals surface area contributed by atoms with Crippen LogP contribution in [0.4, 0.5) is 28.0 Å². The number of nitrogens with zero attached hydrogens (tertiary/aromatic N) is 1. The Bertz CT molecular complexity index is 1750. The predicted molar refractivity (Wildman–Crippen MR) is 124 cm³/mol. The molecule has 9 nitrogen and oxygen atoms in total. The van der Waals surface area contributed by atoms with Crippen molar-refractivity contribution in [2.24, 2.45) is 0 Å². The molecule has 0 spiro atoms. The zero-order chi connectivity index (χ0) is 26.4. The zero-order valence-electron chi connectivity index (χ0n) is 17.3. The Balaban J connectivity index is 1.65. The van der Waals surface area contributed by atoms with Gasteiger partial charge in [0.1, 0.15) is 10.0 Å². The average Bonchev–Trinajstić information content (AvgIpc) is 3.21. The Morgan fingerprint density at radius 1 is 1.06 bits per heavy atom. The van der Waals surface area contributed by atoms with Crippen LogP contribution in [0.15, 0.2) is 62.3 Å². The molecule has 36 heavy (non-hydrogen) atoms. The van der Waals surface area contributed by atoms with E-state index in [4.69, 9.17) is 11.6 Å². The number of benzene rings is 2. The van der Waals surface area contributed by atoms with E-state index in [0.29, 0.717) is 34.1 Å². The standard InChI is InChI=1S/C20H11ClF4N4O5S2/c21-15-5-6-16(35-15)36(33,34)28-18(31)26-10-2-4-14(12(22)8-10)29-17(30)11-7-9(20(23,24)25)1-3-13(11)27-19(29)32/h1-8H,(H,27,32)(H2,26,28,31). The number of nitrogens with one attached hydrogen (secondary N) is 3. The van der Waals surface area contributed by atoms with Crippen LogP contribution in [-0.4, -0.2) is 24.0 Å². The molecule has 0 fully saturated rings. The monoisotopic (exact) mass is 562 g/mol. The van der Waals surface area contributed by atoms with Gasteiger partial charge in [-0.25, -0.2) is 31.7 Å². The van der Waals surface area contributed by atoms with Crippen LogP contribution in [0.5, 0.6) is 0 Å². The van der Waals surface area contributed by atoms with Gasteiger partial charge in [-0.2, -0.15) is 13.2 Å². The van der Waals surface area contributed by atoms with Crippen LogP contribution in [0, 0.1) is 5.82 Å². The van der Waals surface area contributed by atoms with Crippen LogP contribution in [0.25, 0.3) is 16.6 Å². The first-order valence-corrected chi connectivity index (χ1v) is 12.2. The second kappa shape index (κ2) is 9.07. The van der Waals surface area contributed by atoms with E-state index < -0.39 is 55.9 Å². The second-order valence-corrected chi connectivity index (χ2v) is 10.7. The van der Waals surface area contributed by atoms with E-state index in [0.717, 1.165) is 18.2 Å². The van der Waals surface area contributed by atoms with Gasteiger partial charge in [-0.3, -0.25) is 4.79 Å². The van der Waals surface area contributed by atoms with E-state index in [1.165, 1.54) is 12.1 Å². The molecule has 188 valence electrons. The van der Waals surface area contributed by atoms with E-state index in [1.807, 2.05) is 0 Å². The predicted octanol–water partition coefficient (Wildman–Crippen LogP) is 4.06. The quantitative estimate of drug-likeness (QED) is 0.323. The molecule has 0 bridgehead atoms. The number of carbonyl (C=O) groups is 1. The molecule has 0 aliphatic carbocycles. The lowest BCUT2D eigenvalue weighted by Crippen LogP contribution is -2.35. The van der Waals surface area contributed by atoms with Gasteiger partial charge in [0.05, 0.1) is 26.5 Å². The fourth-order valence-corrected chi connectivity index (χ4v) is 5.54. The minimum Gasteiger partial charge on any atom is -0.307 e. The summed E-state index contributed by atoms with van der Waals surface area (Å²) in [4.78, 5) is 39.5. The summed E-state index contributed by atoms with van der Waals surface area (Å²) in [5.74, 6) is -1.21. The van der Waals surface area contributed by atoms with Crippen molar-refractivity contribution in [1.29, 1.82) is 0 Å². The number of hydrogen-bond donors (Lipinski definition) is 3. The molecule has 0 saturated carbocycles. The van der Waals surface area contributed by atoms with Crippen LogP contribution in [0.1, 0.15) is 5.56 Å². The van der Waals surface area contributed by atoms with Gasteiger partial charge in [0, 0.05) is 5.69 Å². The summed E-state index contributed by atoms with van der Waals surface area (Å²) in [6.07, 6.45) is -4.76. The van der Waals surface area contributed by atoms with Crippen molar-refractivity contribution in [3.63, 3.8) is 0 Å². The molecular formula is C20H11ClF4N4O5S2. The lowest BCUT2D eigenvalue weighted by Gasteiger charge is -2.12. The Kier molecular flexibility index (Phi) is 6.40. The second-order valence-electron chi connectivity index (χ2n) is 7.11. The highest BCUT2D eigenvalue weighted by atomic mass is 35.5. The first-order valence-electron chi connectivity index (χ1n) is 9.51. The highest BCUT2D eigenvalue weighted by molar-refractivity contribution is 7.92. The summed E-state index contributed by atoms with van der Waals surface area (Å²) in [6, 6.07) is 6.01. The van der Waals surface area contributed by atoms with Gasteiger partial charge in [-0.05, 0) is 48.5 Å². The number of urea groups is 1. The highest BCUT2D eigenvalue weighted by Crippen LogP contribution is 2.30. The highest BCUT2D eigenvalue weighted by Gasteiger charge is 2.31. The molecule has 2 aromatic heterocycles. The van der Waals surface area contributed by atoms with Crippen molar-refractivity contribution in [3.8, 4) is 5.69 Å². The molecule has 0 aliphatic heterocycles. The number of aromatic amines is 1. The molecule has 0 unspecified atom stereocenters. The minimum absolute atomic E-state index is 0.169. The van der Waals surface area contributed by atoms with Crippen molar-refractivity contribution < 1.29 is 30.8 Å². The number of halogens is 5. The lowest BCUT2D eigenvalue weighted by atomic mass is 10.1. The molecule has 0 aliphatic rings. The van der Waals surface area contributed by atoms with Gasteiger partial charge in [0.15, 0.2) is 0 Å². The van der Waals surface area contributed by atoms with Crippen molar-refractivity contribution in [3.05, 3.63) is 85.1 Å².